The minimum atomic E-state index is -0.239. The summed E-state index contributed by atoms with van der Waals surface area (Å²) in [6, 6.07) is 7.70. The van der Waals surface area contributed by atoms with E-state index < -0.39 is 0 Å². The number of amides is 1. The van der Waals surface area contributed by atoms with Gasteiger partial charge in [-0.2, -0.15) is 0 Å². The first kappa shape index (κ1) is 17.2. The number of hydrogen-bond donors (Lipinski definition) is 3. The predicted octanol–water partition coefficient (Wildman–Crippen LogP) is 1.57. The normalized spacial score (nSPS) is 10.7. The van der Waals surface area contributed by atoms with Gasteiger partial charge in [-0.1, -0.05) is 12.1 Å². The largest absolute Gasteiger partial charge is 0.497 e. The minimum Gasteiger partial charge on any atom is -0.497 e. The summed E-state index contributed by atoms with van der Waals surface area (Å²) in [7, 11) is 1.63. The fraction of sp³-hybridized carbons (Fsp3) is 0.467. The zero-order valence-corrected chi connectivity index (χ0v) is 13.8. The van der Waals surface area contributed by atoms with E-state index in [4.69, 9.17) is 17.0 Å². The first-order valence-electron chi connectivity index (χ1n) is 6.76. The molecule has 0 bridgehead atoms. The number of methoxy groups -OCH3 is 1. The van der Waals surface area contributed by atoms with Crippen LogP contribution in [-0.2, 0) is 11.3 Å². The van der Waals surface area contributed by atoms with Gasteiger partial charge in [-0.3, -0.25) is 4.79 Å². The highest BCUT2D eigenvalue weighted by Gasteiger charge is 2.13. The Morgan fingerprint density at radius 3 is 2.33 bits per heavy atom. The van der Waals surface area contributed by atoms with E-state index in [0.717, 1.165) is 11.3 Å². The minimum absolute atomic E-state index is 0.0869. The van der Waals surface area contributed by atoms with Gasteiger partial charge >= 0.3 is 0 Å². The van der Waals surface area contributed by atoms with Gasteiger partial charge in [0.15, 0.2) is 5.11 Å². The third kappa shape index (κ3) is 7.51. The van der Waals surface area contributed by atoms with E-state index in [1.807, 2.05) is 45.0 Å². The molecular formula is C15H23N3O2S. The number of thiocarbonyl (C=S) groups is 1. The quantitative estimate of drug-likeness (QED) is 0.721. The fourth-order valence-electron chi connectivity index (χ4n) is 1.61. The monoisotopic (exact) mass is 309 g/mol. The molecule has 0 aliphatic rings. The molecule has 1 aromatic rings. The van der Waals surface area contributed by atoms with Crippen molar-refractivity contribution in [3.63, 3.8) is 0 Å². The molecule has 116 valence electrons. The maximum Gasteiger partial charge on any atom is 0.239 e. The summed E-state index contributed by atoms with van der Waals surface area (Å²) in [5, 5.41) is 9.25. The Labute approximate surface area is 131 Å². The van der Waals surface area contributed by atoms with E-state index in [-0.39, 0.29) is 18.0 Å². The SMILES string of the molecule is COc1ccc(CNC(=S)NCC(=O)NC(C)(C)C)cc1. The van der Waals surface area contributed by atoms with Crippen molar-refractivity contribution in [3.05, 3.63) is 29.8 Å². The van der Waals surface area contributed by atoms with Gasteiger partial charge in [-0.05, 0) is 50.7 Å². The second-order valence-corrected chi connectivity index (χ2v) is 6.09. The fourth-order valence-corrected chi connectivity index (χ4v) is 1.76. The topological polar surface area (TPSA) is 62.4 Å². The summed E-state index contributed by atoms with van der Waals surface area (Å²) >= 11 is 5.13. The van der Waals surface area contributed by atoms with E-state index in [1.54, 1.807) is 7.11 Å². The molecule has 0 aliphatic carbocycles. The number of carbonyl (C=O) groups excluding carboxylic acids is 1. The molecule has 0 unspecified atom stereocenters. The second-order valence-electron chi connectivity index (χ2n) is 5.68. The Morgan fingerprint density at radius 1 is 1.19 bits per heavy atom. The molecule has 0 saturated carbocycles. The standard InChI is InChI=1S/C15H23N3O2S/c1-15(2,3)18-13(19)10-17-14(21)16-9-11-5-7-12(20-4)8-6-11/h5-8H,9-10H2,1-4H3,(H,18,19)(H2,16,17,21). The third-order valence-electron chi connectivity index (χ3n) is 2.54. The lowest BCUT2D eigenvalue weighted by Gasteiger charge is -2.21. The van der Waals surface area contributed by atoms with E-state index in [0.29, 0.717) is 11.7 Å². The summed E-state index contributed by atoms with van der Waals surface area (Å²) in [5.41, 5.74) is 0.843. The third-order valence-corrected chi connectivity index (χ3v) is 2.82. The summed E-state index contributed by atoms with van der Waals surface area (Å²) in [4.78, 5) is 11.6. The Kier molecular flexibility index (Phi) is 6.42. The average Bonchev–Trinajstić information content (AvgIpc) is 2.41. The zero-order valence-electron chi connectivity index (χ0n) is 12.9. The van der Waals surface area contributed by atoms with Crippen LogP contribution in [0.15, 0.2) is 24.3 Å². The van der Waals surface area contributed by atoms with Crippen molar-refractivity contribution >= 4 is 23.2 Å². The maximum absolute atomic E-state index is 11.6. The van der Waals surface area contributed by atoms with Crippen molar-refractivity contribution in [3.8, 4) is 5.75 Å². The summed E-state index contributed by atoms with van der Waals surface area (Å²) < 4.78 is 5.10. The van der Waals surface area contributed by atoms with E-state index in [2.05, 4.69) is 16.0 Å². The predicted molar refractivity (Wildman–Crippen MR) is 88.3 cm³/mol. The van der Waals surface area contributed by atoms with Crippen LogP contribution < -0.4 is 20.7 Å². The molecule has 0 aliphatic heterocycles. The molecule has 0 radical (unpaired) electrons. The lowest BCUT2D eigenvalue weighted by atomic mass is 10.1. The number of ether oxygens (including phenoxy) is 1. The lowest BCUT2D eigenvalue weighted by Crippen LogP contribution is -2.47. The number of rotatable bonds is 5. The summed E-state index contributed by atoms with van der Waals surface area (Å²) in [6.07, 6.45) is 0. The van der Waals surface area contributed by atoms with Gasteiger partial charge in [0.05, 0.1) is 13.7 Å². The van der Waals surface area contributed by atoms with Crippen LogP contribution >= 0.6 is 12.2 Å². The van der Waals surface area contributed by atoms with Crippen LogP contribution in [0.25, 0.3) is 0 Å². The van der Waals surface area contributed by atoms with Crippen molar-refractivity contribution in [1.29, 1.82) is 0 Å². The van der Waals surface area contributed by atoms with Crippen molar-refractivity contribution in [1.82, 2.24) is 16.0 Å². The van der Waals surface area contributed by atoms with Crippen molar-refractivity contribution < 1.29 is 9.53 Å². The molecule has 0 atom stereocenters. The van der Waals surface area contributed by atoms with Crippen LogP contribution in [0, 0.1) is 0 Å². The number of nitrogens with one attached hydrogen (secondary N) is 3. The zero-order chi connectivity index (χ0) is 15.9. The van der Waals surface area contributed by atoms with Gasteiger partial charge < -0.3 is 20.7 Å². The van der Waals surface area contributed by atoms with Gasteiger partial charge in [0.25, 0.3) is 0 Å². The molecule has 1 aromatic carbocycles. The van der Waals surface area contributed by atoms with Crippen LogP contribution in [0.4, 0.5) is 0 Å². The first-order valence-corrected chi connectivity index (χ1v) is 7.16. The Morgan fingerprint density at radius 2 is 1.81 bits per heavy atom. The van der Waals surface area contributed by atoms with Crippen LogP contribution in [0.2, 0.25) is 0 Å². The highest BCUT2D eigenvalue weighted by molar-refractivity contribution is 7.80. The molecule has 0 aromatic heterocycles. The molecule has 6 heteroatoms. The smallest absolute Gasteiger partial charge is 0.239 e. The second kappa shape index (κ2) is 7.83. The Hall–Kier alpha value is -1.82. The molecule has 3 N–H and O–H groups in total. The lowest BCUT2D eigenvalue weighted by molar-refractivity contribution is -0.121. The molecule has 0 saturated heterocycles. The van der Waals surface area contributed by atoms with Crippen LogP contribution in [-0.4, -0.2) is 30.2 Å². The Bertz CT molecular complexity index is 481. The van der Waals surface area contributed by atoms with Crippen molar-refractivity contribution in [2.75, 3.05) is 13.7 Å². The van der Waals surface area contributed by atoms with Crippen molar-refractivity contribution in [2.45, 2.75) is 32.9 Å². The van der Waals surface area contributed by atoms with E-state index in [9.17, 15) is 4.79 Å². The average molecular weight is 309 g/mol. The summed E-state index contributed by atoms with van der Waals surface area (Å²) in [6.45, 7) is 6.56. The maximum atomic E-state index is 11.6. The van der Waals surface area contributed by atoms with Crippen LogP contribution in [0.3, 0.4) is 0 Å². The molecule has 1 amide bonds. The molecule has 21 heavy (non-hydrogen) atoms. The first-order chi connectivity index (χ1) is 9.80. The van der Waals surface area contributed by atoms with Crippen LogP contribution in [0.1, 0.15) is 26.3 Å². The molecule has 1 rings (SSSR count). The molecule has 0 heterocycles. The number of carbonyl (C=O) groups is 1. The number of benzene rings is 1. The van der Waals surface area contributed by atoms with Crippen LogP contribution in [0.5, 0.6) is 5.75 Å². The highest BCUT2D eigenvalue weighted by atomic mass is 32.1. The van der Waals surface area contributed by atoms with E-state index in [1.165, 1.54) is 0 Å². The van der Waals surface area contributed by atoms with Crippen molar-refractivity contribution in [2.24, 2.45) is 0 Å². The summed E-state index contributed by atoms with van der Waals surface area (Å²) in [5.74, 6) is 0.731. The van der Waals surface area contributed by atoms with Gasteiger partial charge in [-0.15, -0.1) is 0 Å². The Balaban J connectivity index is 2.29. The molecule has 0 spiro atoms. The highest BCUT2D eigenvalue weighted by Crippen LogP contribution is 2.10. The number of hydrogen-bond acceptors (Lipinski definition) is 3. The van der Waals surface area contributed by atoms with Gasteiger partial charge in [0.2, 0.25) is 5.91 Å². The van der Waals surface area contributed by atoms with E-state index >= 15 is 0 Å². The van der Waals surface area contributed by atoms with Gasteiger partial charge in [0, 0.05) is 12.1 Å². The molecule has 0 fully saturated rings. The molecular weight excluding hydrogens is 286 g/mol. The van der Waals surface area contributed by atoms with Gasteiger partial charge in [0.1, 0.15) is 5.75 Å². The van der Waals surface area contributed by atoms with Gasteiger partial charge in [-0.25, -0.2) is 0 Å². The molecule has 5 nitrogen and oxygen atoms in total.